The molecule has 0 radical (unpaired) electrons. The van der Waals surface area contributed by atoms with Crippen LogP contribution in [-0.4, -0.2) is 58.7 Å². The molecule has 9 rings (SSSR count). The number of para-hydroxylation sites is 1. The molecule has 50 heavy (non-hydrogen) atoms. The van der Waals surface area contributed by atoms with Gasteiger partial charge >= 0.3 is 0 Å². The predicted octanol–water partition coefficient (Wildman–Crippen LogP) is 7.04. The van der Waals surface area contributed by atoms with Gasteiger partial charge < -0.3 is 20.9 Å². The topological polar surface area (TPSA) is 86.6 Å². The Bertz CT molecular complexity index is 1990. The van der Waals surface area contributed by atoms with Gasteiger partial charge in [-0.15, -0.1) is 0 Å². The third-order valence-corrected chi connectivity index (χ3v) is 12.6. The fourth-order valence-corrected chi connectivity index (χ4v) is 9.35. The number of aliphatic imine (C=N–C) groups is 1. The summed E-state index contributed by atoms with van der Waals surface area (Å²) in [4.78, 5) is 26.1. The molecule has 3 aliphatic carbocycles. The number of benzene rings is 3. The highest BCUT2D eigenvalue weighted by Gasteiger charge is 2.56. The first-order valence-corrected chi connectivity index (χ1v) is 18.5. The molecule has 4 fully saturated rings. The molecule has 2 unspecified atom stereocenters. The molecular formula is C41H52FN7O. The molecule has 0 spiro atoms. The van der Waals surface area contributed by atoms with Crippen molar-refractivity contribution in [2.24, 2.45) is 28.2 Å². The number of anilines is 2. The molecule has 5 aliphatic rings. The monoisotopic (exact) mass is 677 g/mol. The van der Waals surface area contributed by atoms with Gasteiger partial charge in [0.15, 0.2) is 5.96 Å². The van der Waals surface area contributed by atoms with Crippen molar-refractivity contribution in [1.29, 1.82) is 0 Å². The summed E-state index contributed by atoms with van der Waals surface area (Å²) in [6.07, 6.45) is 5.52. The number of rotatable bonds is 7. The number of nitrogens with zero attached hydrogens (tertiary/aromatic N) is 4. The van der Waals surface area contributed by atoms with Crippen LogP contribution in [0.15, 0.2) is 76.8 Å². The van der Waals surface area contributed by atoms with Crippen molar-refractivity contribution in [3.8, 4) is 0 Å². The molecule has 3 heterocycles. The normalized spacial score (nSPS) is 27.1. The maximum atomic E-state index is 14.5. The maximum absolute atomic E-state index is 14.5. The molecule has 1 saturated heterocycles. The number of hydrogen-bond donors (Lipinski definition) is 3. The Labute approximate surface area is 296 Å². The number of halogens is 1. The zero-order chi connectivity index (χ0) is 34.6. The van der Waals surface area contributed by atoms with Gasteiger partial charge in [-0.25, -0.2) is 14.4 Å². The van der Waals surface area contributed by atoms with Crippen molar-refractivity contribution in [1.82, 2.24) is 19.8 Å². The van der Waals surface area contributed by atoms with E-state index in [1.54, 1.807) is 17.0 Å². The van der Waals surface area contributed by atoms with Crippen LogP contribution < -0.4 is 21.5 Å². The third-order valence-electron chi connectivity index (χ3n) is 12.6. The summed E-state index contributed by atoms with van der Waals surface area (Å²) in [6.45, 7) is 13.1. The second-order valence-corrected chi connectivity index (χ2v) is 15.9. The molecule has 1 aromatic heterocycles. The lowest BCUT2D eigenvalue weighted by Gasteiger charge is -2.61. The highest BCUT2D eigenvalue weighted by Crippen LogP contribution is 2.61. The van der Waals surface area contributed by atoms with Gasteiger partial charge in [-0.1, -0.05) is 51.1 Å². The van der Waals surface area contributed by atoms with Gasteiger partial charge in [0.25, 0.3) is 5.56 Å². The number of piperazine rings is 1. The first kappa shape index (κ1) is 32.9. The van der Waals surface area contributed by atoms with Gasteiger partial charge in [-0.3, -0.25) is 9.36 Å². The smallest absolute Gasteiger partial charge is 0.261 e. The zero-order valence-electron chi connectivity index (χ0n) is 29.8. The van der Waals surface area contributed by atoms with Crippen LogP contribution in [0.25, 0.3) is 10.9 Å². The molecule has 6 atom stereocenters. The van der Waals surface area contributed by atoms with Crippen LogP contribution in [-0.2, 0) is 13.0 Å². The number of aromatic nitrogens is 2. The Morgan fingerprint density at radius 2 is 2.00 bits per heavy atom. The predicted molar refractivity (Wildman–Crippen MR) is 203 cm³/mol. The quantitative estimate of drug-likeness (QED) is 0.144. The standard InChI is InChI=1S/C41H50FN7O.H2/c1-25-9-10-27(35(42)17-25)13-15-49-24-45-38-21-30(11-12-33(38)39(49)50)46-40(47-37-20-29-19-34(26(37)2)41(29,3)4)48-16-14-43-31(23-48)18-28-22-44-36-8-6-5-7-32(28)36;/h5-12,17,21,24,26,28-29,31,34,37,43-44H,13-16,18-20,22-23H2,1-4H3,(H,46,47);1H/t26?,28?,29-,31-,34+,37-;/m0./s1. The Morgan fingerprint density at radius 1 is 1.14 bits per heavy atom. The van der Waals surface area contributed by atoms with E-state index in [-0.39, 0.29) is 18.8 Å². The molecule has 3 N–H and O–H groups in total. The minimum atomic E-state index is -0.236. The summed E-state index contributed by atoms with van der Waals surface area (Å²) in [5, 5.41) is 11.7. The van der Waals surface area contributed by atoms with Crippen LogP contribution in [0.3, 0.4) is 0 Å². The lowest BCUT2D eigenvalue weighted by atomic mass is 9.45. The van der Waals surface area contributed by atoms with Gasteiger partial charge in [0.1, 0.15) is 5.82 Å². The second kappa shape index (κ2) is 13.1. The first-order valence-electron chi connectivity index (χ1n) is 18.5. The molecule has 2 bridgehead atoms. The van der Waals surface area contributed by atoms with Crippen molar-refractivity contribution >= 4 is 28.2 Å². The Morgan fingerprint density at radius 3 is 2.82 bits per heavy atom. The average molecular weight is 678 g/mol. The van der Waals surface area contributed by atoms with Gasteiger partial charge in [0, 0.05) is 57.5 Å². The molecule has 4 aromatic rings. The van der Waals surface area contributed by atoms with E-state index in [0.717, 1.165) is 62.1 Å². The summed E-state index contributed by atoms with van der Waals surface area (Å²) < 4.78 is 16.0. The Balaban J connectivity index is 0.00000406. The maximum Gasteiger partial charge on any atom is 0.261 e. The number of fused-ring (bicyclic) bond motifs is 4. The Hall–Kier alpha value is -4.24. The number of nitrogens with one attached hydrogen (secondary N) is 3. The highest BCUT2D eigenvalue weighted by molar-refractivity contribution is 5.96. The molecule has 3 aromatic carbocycles. The largest absolute Gasteiger partial charge is 0.384 e. The third kappa shape index (κ3) is 6.18. The number of hydrogen-bond acceptors (Lipinski definition) is 5. The molecule has 8 nitrogen and oxygen atoms in total. The highest BCUT2D eigenvalue weighted by atomic mass is 19.1. The van der Waals surface area contributed by atoms with Crippen LogP contribution >= 0.6 is 0 Å². The Kier molecular flexibility index (Phi) is 8.66. The van der Waals surface area contributed by atoms with Crippen molar-refractivity contribution in [3.63, 3.8) is 0 Å². The van der Waals surface area contributed by atoms with Crippen LogP contribution in [0.5, 0.6) is 0 Å². The SMILES string of the molecule is Cc1ccc(CCn2cnc3cc(NC(=N[C@H]4C[C@@H]5C[C@H](C4C)C5(C)C)N4CCN[C@@H](CC5CNc6ccccc65)C4)ccc3c2=O)c(F)c1.[HH]. The molecule has 264 valence electrons. The van der Waals surface area contributed by atoms with E-state index in [4.69, 9.17) is 4.99 Å². The molecular weight excluding hydrogens is 625 g/mol. The summed E-state index contributed by atoms with van der Waals surface area (Å²) in [6, 6.07) is 20.3. The van der Waals surface area contributed by atoms with Crippen molar-refractivity contribution in [3.05, 3.63) is 99.9 Å². The average Bonchev–Trinajstić information content (AvgIpc) is 3.51. The molecule has 3 saturated carbocycles. The molecule has 0 amide bonds. The fourth-order valence-electron chi connectivity index (χ4n) is 9.35. The van der Waals surface area contributed by atoms with Crippen LogP contribution in [0, 0.1) is 35.9 Å². The van der Waals surface area contributed by atoms with E-state index in [0.29, 0.717) is 58.6 Å². The van der Waals surface area contributed by atoms with Crippen molar-refractivity contribution in [2.75, 3.05) is 36.8 Å². The number of aryl methyl sites for hydroxylation is 3. The minimum absolute atomic E-state index is 0. The van der Waals surface area contributed by atoms with Gasteiger partial charge in [0.2, 0.25) is 0 Å². The van der Waals surface area contributed by atoms with E-state index < -0.39 is 0 Å². The van der Waals surface area contributed by atoms with E-state index in [1.807, 2.05) is 31.2 Å². The molecule has 2 aliphatic heterocycles. The van der Waals surface area contributed by atoms with Crippen LogP contribution in [0.4, 0.5) is 15.8 Å². The van der Waals surface area contributed by atoms with Crippen molar-refractivity contribution in [2.45, 2.75) is 77.9 Å². The summed E-state index contributed by atoms with van der Waals surface area (Å²) in [5.74, 6) is 3.12. The van der Waals surface area contributed by atoms with Gasteiger partial charge in [-0.2, -0.15) is 0 Å². The van der Waals surface area contributed by atoms with E-state index in [2.05, 4.69) is 70.9 Å². The van der Waals surface area contributed by atoms with Gasteiger partial charge in [-0.05, 0) is 103 Å². The number of guanidine groups is 1. The lowest BCUT2D eigenvalue weighted by molar-refractivity contribution is -0.108. The fraction of sp³-hybridized carbons (Fsp3) is 0.488. The van der Waals surface area contributed by atoms with Crippen LogP contribution in [0.1, 0.15) is 64.1 Å². The van der Waals surface area contributed by atoms with E-state index >= 15 is 0 Å². The first-order chi connectivity index (χ1) is 24.1. The second-order valence-electron chi connectivity index (χ2n) is 15.9. The molecule has 9 heteroatoms. The summed E-state index contributed by atoms with van der Waals surface area (Å²) in [7, 11) is 0. The van der Waals surface area contributed by atoms with Gasteiger partial charge in [0.05, 0.1) is 23.3 Å². The van der Waals surface area contributed by atoms with E-state index in [1.165, 1.54) is 23.7 Å². The zero-order valence-corrected chi connectivity index (χ0v) is 29.8. The summed E-state index contributed by atoms with van der Waals surface area (Å²) >= 11 is 0. The summed E-state index contributed by atoms with van der Waals surface area (Å²) in [5.41, 5.74) is 5.95. The van der Waals surface area contributed by atoms with E-state index in [9.17, 15) is 9.18 Å². The lowest BCUT2D eigenvalue weighted by Crippen LogP contribution is -2.57. The minimum Gasteiger partial charge on any atom is -0.384 e. The van der Waals surface area contributed by atoms with Crippen LogP contribution in [0.2, 0.25) is 0 Å². The van der Waals surface area contributed by atoms with Crippen molar-refractivity contribution < 1.29 is 5.82 Å².